The summed E-state index contributed by atoms with van der Waals surface area (Å²) < 4.78 is 0. The van der Waals surface area contributed by atoms with Crippen molar-refractivity contribution in [1.82, 2.24) is 0 Å². The van der Waals surface area contributed by atoms with Gasteiger partial charge >= 0.3 is 0 Å². The van der Waals surface area contributed by atoms with Crippen LogP contribution in [0.15, 0.2) is 4.99 Å². The second-order valence-corrected chi connectivity index (χ2v) is 4.32. The number of rotatable bonds is 8. The quantitative estimate of drug-likeness (QED) is 0.317. The van der Waals surface area contributed by atoms with Gasteiger partial charge in [-0.15, -0.1) is 0 Å². The number of nitrogens with two attached hydrogens (primary N) is 3. The van der Waals surface area contributed by atoms with Gasteiger partial charge in [-0.1, -0.05) is 26.7 Å². The first kappa shape index (κ1) is 14.9. The number of aliphatic imine (C=N–C) groups is 1. The zero-order valence-electron chi connectivity index (χ0n) is 10.3. The van der Waals surface area contributed by atoms with Crippen molar-refractivity contribution in [1.29, 1.82) is 0 Å². The molecule has 0 aliphatic carbocycles. The third kappa shape index (κ3) is 7.23. The van der Waals surface area contributed by atoms with E-state index in [0.717, 1.165) is 25.7 Å². The van der Waals surface area contributed by atoms with Crippen molar-refractivity contribution < 1.29 is 4.79 Å². The number of unbranched alkanes of at least 4 members (excludes halogenated alkanes) is 2. The Kier molecular flexibility index (Phi) is 7.54. The molecule has 0 saturated carbocycles. The molecule has 0 amide bonds. The molecule has 0 fully saturated rings. The Labute approximate surface area is 97.5 Å². The zero-order valence-corrected chi connectivity index (χ0v) is 10.3. The molecule has 0 rings (SSSR count). The fraction of sp³-hybridized carbons (Fsp3) is 0.818. The van der Waals surface area contributed by atoms with E-state index in [-0.39, 0.29) is 23.7 Å². The van der Waals surface area contributed by atoms with E-state index in [0.29, 0.717) is 6.54 Å². The normalized spacial score (nSPS) is 12.5. The van der Waals surface area contributed by atoms with Crippen molar-refractivity contribution in [3.05, 3.63) is 0 Å². The van der Waals surface area contributed by atoms with E-state index < -0.39 is 0 Å². The third-order valence-corrected chi connectivity index (χ3v) is 2.40. The minimum Gasteiger partial charge on any atom is -0.370 e. The van der Waals surface area contributed by atoms with Gasteiger partial charge in [0.1, 0.15) is 0 Å². The highest BCUT2D eigenvalue weighted by Crippen LogP contribution is 2.07. The Balaban J connectivity index is 3.52. The van der Waals surface area contributed by atoms with Gasteiger partial charge in [-0.3, -0.25) is 9.79 Å². The Hall–Kier alpha value is -1.10. The van der Waals surface area contributed by atoms with E-state index >= 15 is 0 Å². The average Bonchev–Trinajstić information content (AvgIpc) is 2.21. The maximum absolute atomic E-state index is 11.5. The molecule has 0 saturated heterocycles. The Bertz CT molecular complexity index is 234. The van der Waals surface area contributed by atoms with Gasteiger partial charge in [0.05, 0.1) is 6.04 Å². The summed E-state index contributed by atoms with van der Waals surface area (Å²) in [6, 6.07) is -0.317. The second-order valence-electron chi connectivity index (χ2n) is 4.32. The van der Waals surface area contributed by atoms with Crippen molar-refractivity contribution in [2.24, 2.45) is 28.1 Å². The summed E-state index contributed by atoms with van der Waals surface area (Å²) >= 11 is 0. The molecule has 0 aromatic carbocycles. The van der Waals surface area contributed by atoms with E-state index in [9.17, 15) is 4.79 Å². The van der Waals surface area contributed by atoms with Gasteiger partial charge < -0.3 is 17.2 Å². The van der Waals surface area contributed by atoms with Crippen molar-refractivity contribution in [2.45, 2.75) is 45.6 Å². The highest BCUT2D eigenvalue weighted by atomic mass is 16.1. The highest BCUT2D eigenvalue weighted by molar-refractivity contribution is 5.85. The number of ketones is 1. The summed E-state index contributed by atoms with van der Waals surface area (Å²) in [5.41, 5.74) is 16.1. The molecule has 0 aliphatic rings. The van der Waals surface area contributed by atoms with Gasteiger partial charge in [0.25, 0.3) is 0 Å². The van der Waals surface area contributed by atoms with E-state index in [1.807, 2.05) is 13.8 Å². The van der Waals surface area contributed by atoms with Gasteiger partial charge in [-0.05, 0) is 12.8 Å². The number of nitrogens with zero attached hydrogens (tertiary/aromatic N) is 1. The van der Waals surface area contributed by atoms with Crippen molar-refractivity contribution in [2.75, 3.05) is 6.54 Å². The van der Waals surface area contributed by atoms with Gasteiger partial charge in [0.15, 0.2) is 11.7 Å². The molecule has 0 spiro atoms. The topological polar surface area (TPSA) is 107 Å². The van der Waals surface area contributed by atoms with Crippen LogP contribution in [0, 0.1) is 5.92 Å². The molecule has 1 atom stereocenters. The summed E-state index contributed by atoms with van der Waals surface area (Å²) in [5.74, 6) is 0.299. The summed E-state index contributed by atoms with van der Waals surface area (Å²) in [7, 11) is 0. The van der Waals surface area contributed by atoms with Crippen LogP contribution in [0.1, 0.15) is 39.5 Å². The molecule has 6 N–H and O–H groups in total. The molecule has 0 aromatic rings. The van der Waals surface area contributed by atoms with Gasteiger partial charge in [0.2, 0.25) is 0 Å². The first-order valence-electron chi connectivity index (χ1n) is 5.79. The van der Waals surface area contributed by atoms with E-state index in [1.54, 1.807) is 0 Å². The summed E-state index contributed by atoms with van der Waals surface area (Å²) in [6.07, 6.45) is 3.62. The Morgan fingerprint density at radius 3 is 2.31 bits per heavy atom. The smallest absolute Gasteiger partial charge is 0.185 e. The lowest BCUT2D eigenvalue weighted by atomic mass is 9.98. The molecule has 0 heterocycles. The molecule has 0 aliphatic heterocycles. The summed E-state index contributed by atoms with van der Waals surface area (Å²) in [4.78, 5) is 15.4. The third-order valence-electron chi connectivity index (χ3n) is 2.40. The number of carbonyl (C=O) groups is 1. The SMILES string of the molecule is CC(C)C(=O)[C@H](N)CCCCCN=C(N)N. The minimum absolute atomic E-state index is 0.0247. The molecule has 0 radical (unpaired) electrons. The van der Waals surface area contributed by atoms with E-state index in [2.05, 4.69) is 4.99 Å². The number of carbonyl (C=O) groups excluding carboxylic acids is 1. The molecule has 5 heteroatoms. The van der Waals surface area contributed by atoms with Crippen molar-refractivity contribution >= 4 is 11.7 Å². The molecule has 16 heavy (non-hydrogen) atoms. The first-order chi connectivity index (χ1) is 7.45. The predicted octanol–water partition coefficient (Wildman–Crippen LogP) is 0.373. The van der Waals surface area contributed by atoms with E-state index in [4.69, 9.17) is 17.2 Å². The fourth-order valence-corrected chi connectivity index (χ4v) is 1.43. The first-order valence-corrected chi connectivity index (χ1v) is 5.79. The number of hydrogen-bond donors (Lipinski definition) is 3. The second kappa shape index (κ2) is 8.10. The van der Waals surface area contributed by atoms with Gasteiger partial charge in [0, 0.05) is 12.5 Å². The fourth-order valence-electron chi connectivity index (χ4n) is 1.43. The lowest BCUT2D eigenvalue weighted by Gasteiger charge is -2.12. The molecule has 0 aromatic heterocycles. The maximum Gasteiger partial charge on any atom is 0.185 e. The average molecular weight is 228 g/mol. The van der Waals surface area contributed by atoms with Gasteiger partial charge in [-0.2, -0.15) is 0 Å². The monoisotopic (exact) mass is 228 g/mol. The Morgan fingerprint density at radius 1 is 1.19 bits per heavy atom. The van der Waals surface area contributed by atoms with Crippen molar-refractivity contribution in [3.8, 4) is 0 Å². The number of Topliss-reactive ketones (excluding diaryl/α,β-unsaturated/α-hetero) is 1. The van der Waals surface area contributed by atoms with Crippen LogP contribution in [-0.2, 0) is 4.79 Å². The lowest BCUT2D eigenvalue weighted by Crippen LogP contribution is -2.33. The molecule has 5 nitrogen and oxygen atoms in total. The van der Waals surface area contributed by atoms with Crippen LogP contribution in [0.5, 0.6) is 0 Å². The predicted molar refractivity (Wildman–Crippen MR) is 67.0 cm³/mol. The van der Waals surface area contributed by atoms with Crippen LogP contribution >= 0.6 is 0 Å². The number of hydrogen-bond acceptors (Lipinski definition) is 3. The molecule has 0 bridgehead atoms. The van der Waals surface area contributed by atoms with E-state index in [1.165, 1.54) is 0 Å². The van der Waals surface area contributed by atoms with Crippen LogP contribution < -0.4 is 17.2 Å². The largest absolute Gasteiger partial charge is 0.370 e. The number of guanidine groups is 1. The van der Waals surface area contributed by atoms with Crippen LogP contribution in [0.2, 0.25) is 0 Å². The standard InChI is InChI=1S/C11H24N4O/c1-8(2)10(16)9(12)6-4-3-5-7-15-11(13)14/h8-9H,3-7,12H2,1-2H3,(H4,13,14,15)/t9-/m1/s1. The molecule has 94 valence electrons. The maximum atomic E-state index is 11.5. The summed E-state index contributed by atoms with van der Waals surface area (Å²) in [5, 5.41) is 0. The van der Waals surface area contributed by atoms with Crippen LogP contribution in [0.4, 0.5) is 0 Å². The molecular weight excluding hydrogens is 204 g/mol. The van der Waals surface area contributed by atoms with Crippen LogP contribution in [-0.4, -0.2) is 24.3 Å². The van der Waals surface area contributed by atoms with Crippen molar-refractivity contribution in [3.63, 3.8) is 0 Å². The molecular formula is C11H24N4O. The lowest BCUT2D eigenvalue weighted by molar-refractivity contribution is -0.123. The summed E-state index contributed by atoms with van der Waals surface area (Å²) in [6.45, 7) is 4.40. The highest BCUT2D eigenvalue weighted by Gasteiger charge is 2.15. The van der Waals surface area contributed by atoms with Crippen LogP contribution in [0.25, 0.3) is 0 Å². The van der Waals surface area contributed by atoms with Gasteiger partial charge in [-0.25, -0.2) is 0 Å². The van der Waals surface area contributed by atoms with Crippen LogP contribution in [0.3, 0.4) is 0 Å². The molecule has 0 unspecified atom stereocenters. The minimum atomic E-state index is -0.317. The zero-order chi connectivity index (χ0) is 12.6. The Morgan fingerprint density at radius 2 is 1.81 bits per heavy atom.